The minimum atomic E-state index is -1.15. The van der Waals surface area contributed by atoms with Crippen molar-refractivity contribution in [3.63, 3.8) is 0 Å². The number of hydrogen-bond acceptors (Lipinski definition) is 2. The van der Waals surface area contributed by atoms with Crippen molar-refractivity contribution in [2.45, 2.75) is 82.1 Å². The quantitative estimate of drug-likeness (QED) is 0.712. The molecule has 0 aliphatic heterocycles. The summed E-state index contributed by atoms with van der Waals surface area (Å²) in [6.45, 7) is 1.97. The van der Waals surface area contributed by atoms with Crippen molar-refractivity contribution in [1.82, 2.24) is 0 Å². The maximum atomic E-state index is 11.1. The topological polar surface area (TPSA) is 46.5 Å². The summed E-state index contributed by atoms with van der Waals surface area (Å²) in [7, 11) is 0. The van der Waals surface area contributed by atoms with Crippen molar-refractivity contribution in [2.75, 3.05) is 0 Å². The van der Waals surface area contributed by atoms with E-state index in [0.29, 0.717) is 5.92 Å². The molecule has 0 heterocycles. The van der Waals surface area contributed by atoms with E-state index in [9.17, 15) is 4.79 Å². The van der Waals surface area contributed by atoms with Crippen LogP contribution >= 0.6 is 0 Å². The summed E-state index contributed by atoms with van der Waals surface area (Å²) in [5.74, 6) is 0.856. The van der Waals surface area contributed by atoms with Crippen LogP contribution in [0.15, 0.2) is 24.3 Å². The first-order valence-electron chi connectivity index (χ1n) is 9.10. The summed E-state index contributed by atoms with van der Waals surface area (Å²) in [4.78, 5) is 11.1. The zero-order valence-electron chi connectivity index (χ0n) is 14.1. The van der Waals surface area contributed by atoms with Gasteiger partial charge in [0.2, 0.25) is 0 Å². The minimum Gasteiger partial charge on any atom is -0.450 e. The molecule has 2 aliphatic rings. The highest BCUT2D eigenvalue weighted by atomic mass is 16.7. The molecule has 126 valence electrons. The molecule has 0 radical (unpaired) electrons. The van der Waals surface area contributed by atoms with E-state index in [2.05, 4.69) is 24.3 Å². The molecule has 0 saturated heterocycles. The number of carbonyl (C=O) groups is 1. The Labute approximate surface area is 139 Å². The van der Waals surface area contributed by atoms with Crippen molar-refractivity contribution < 1.29 is 14.6 Å². The Morgan fingerprint density at radius 1 is 1.09 bits per heavy atom. The lowest BCUT2D eigenvalue weighted by Crippen LogP contribution is -2.40. The molecular weight excluding hydrogens is 288 g/mol. The van der Waals surface area contributed by atoms with Crippen LogP contribution in [0.3, 0.4) is 0 Å². The van der Waals surface area contributed by atoms with Gasteiger partial charge in [0, 0.05) is 5.92 Å². The monoisotopic (exact) mass is 316 g/mol. The molecule has 0 bridgehead atoms. The van der Waals surface area contributed by atoms with Gasteiger partial charge in [0.25, 0.3) is 0 Å². The third-order valence-electron chi connectivity index (χ3n) is 5.86. The second kappa shape index (κ2) is 6.94. The summed E-state index contributed by atoms with van der Waals surface area (Å²) in [6, 6.07) is 8.88. The molecule has 2 atom stereocenters. The molecule has 2 unspecified atom stereocenters. The Morgan fingerprint density at radius 3 is 2.52 bits per heavy atom. The number of carboxylic acid groups (broad SMARTS) is 1. The summed E-state index contributed by atoms with van der Waals surface area (Å²) in [6.07, 6.45) is 9.48. The number of hydrogen-bond donors (Lipinski definition) is 1. The zero-order chi connectivity index (χ0) is 16.3. The van der Waals surface area contributed by atoms with Gasteiger partial charge in [-0.2, -0.15) is 0 Å². The van der Waals surface area contributed by atoms with Gasteiger partial charge in [0.15, 0.2) is 0 Å². The van der Waals surface area contributed by atoms with E-state index in [0.717, 1.165) is 25.7 Å². The van der Waals surface area contributed by atoms with E-state index in [-0.39, 0.29) is 5.92 Å². The Hall–Kier alpha value is -1.51. The molecular formula is C20H28O3. The Morgan fingerprint density at radius 2 is 1.78 bits per heavy atom. The van der Waals surface area contributed by atoms with Gasteiger partial charge in [0.05, 0.1) is 0 Å². The predicted molar refractivity (Wildman–Crippen MR) is 91.0 cm³/mol. The molecule has 3 heteroatoms. The van der Waals surface area contributed by atoms with Crippen LogP contribution in [0.4, 0.5) is 4.79 Å². The molecule has 3 rings (SSSR count). The summed E-state index contributed by atoms with van der Waals surface area (Å²) >= 11 is 0. The van der Waals surface area contributed by atoms with Gasteiger partial charge in [0.1, 0.15) is 5.60 Å². The molecule has 0 amide bonds. The van der Waals surface area contributed by atoms with E-state index >= 15 is 0 Å². The van der Waals surface area contributed by atoms with Gasteiger partial charge >= 0.3 is 6.16 Å². The molecule has 0 spiro atoms. The SMILES string of the molecule is CC1(OC(=O)O)CCCCC1c1cccc(C2CCCCC2)c1. The van der Waals surface area contributed by atoms with Gasteiger partial charge in [-0.25, -0.2) is 4.79 Å². The average molecular weight is 316 g/mol. The largest absolute Gasteiger partial charge is 0.506 e. The van der Waals surface area contributed by atoms with Gasteiger partial charge in [-0.05, 0) is 56.1 Å². The van der Waals surface area contributed by atoms with Crippen molar-refractivity contribution in [3.05, 3.63) is 35.4 Å². The predicted octanol–water partition coefficient (Wildman–Crippen LogP) is 5.85. The van der Waals surface area contributed by atoms with Gasteiger partial charge < -0.3 is 9.84 Å². The van der Waals surface area contributed by atoms with Crippen LogP contribution in [0.25, 0.3) is 0 Å². The van der Waals surface area contributed by atoms with E-state index in [1.54, 1.807) is 0 Å². The van der Waals surface area contributed by atoms with Crippen molar-refractivity contribution in [2.24, 2.45) is 0 Å². The Bertz CT molecular complexity index is 548. The van der Waals surface area contributed by atoms with Gasteiger partial charge in [-0.3, -0.25) is 0 Å². The minimum absolute atomic E-state index is 0.177. The second-order valence-corrected chi connectivity index (χ2v) is 7.48. The van der Waals surface area contributed by atoms with E-state index in [4.69, 9.17) is 9.84 Å². The zero-order valence-corrected chi connectivity index (χ0v) is 14.1. The van der Waals surface area contributed by atoms with Crippen LogP contribution in [0.2, 0.25) is 0 Å². The van der Waals surface area contributed by atoms with Crippen LogP contribution in [-0.2, 0) is 4.74 Å². The van der Waals surface area contributed by atoms with Crippen molar-refractivity contribution in [3.8, 4) is 0 Å². The molecule has 2 saturated carbocycles. The fourth-order valence-corrected chi connectivity index (χ4v) is 4.61. The fraction of sp³-hybridized carbons (Fsp3) is 0.650. The van der Waals surface area contributed by atoms with Crippen molar-refractivity contribution in [1.29, 1.82) is 0 Å². The summed E-state index contributed by atoms with van der Waals surface area (Å²) in [5.41, 5.74) is 2.11. The molecule has 1 aromatic rings. The first kappa shape index (κ1) is 16.4. The van der Waals surface area contributed by atoms with Crippen molar-refractivity contribution >= 4 is 6.16 Å². The highest BCUT2D eigenvalue weighted by Gasteiger charge is 2.41. The maximum absolute atomic E-state index is 11.1. The van der Waals surface area contributed by atoms with Crippen LogP contribution in [0.1, 0.15) is 87.7 Å². The third kappa shape index (κ3) is 3.70. The standard InChI is InChI=1S/C20H28O3/c1-20(23-19(21)22)13-6-5-12-18(20)17-11-7-10-16(14-17)15-8-3-2-4-9-15/h7,10-11,14-15,18H,2-6,8-9,12-13H2,1H3,(H,21,22). The van der Waals surface area contributed by atoms with Crippen LogP contribution in [0, 0.1) is 0 Å². The van der Waals surface area contributed by atoms with Crippen LogP contribution < -0.4 is 0 Å². The first-order chi connectivity index (χ1) is 11.1. The molecule has 2 fully saturated rings. The molecule has 2 aliphatic carbocycles. The molecule has 1 N–H and O–H groups in total. The first-order valence-corrected chi connectivity index (χ1v) is 9.10. The lowest BCUT2D eigenvalue weighted by Gasteiger charge is -2.40. The van der Waals surface area contributed by atoms with E-state index in [1.165, 1.54) is 43.2 Å². The second-order valence-electron chi connectivity index (χ2n) is 7.48. The Kier molecular flexibility index (Phi) is 4.93. The molecule has 3 nitrogen and oxygen atoms in total. The molecule has 0 aromatic heterocycles. The number of rotatable bonds is 3. The molecule has 1 aromatic carbocycles. The lowest BCUT2D eigenvalue weighted by molar-refractivity contribution is -0.0433. The van der Waals surface area contributed by atoms with Crippen LogP contribution in [-0.4, -0.2) is 16.9 Å². The average Bonchev–Trinajstić information content (AvgIpc) is 2.55. The van der Waals surface area contributed by atoms with Gasteiger partial charge in [-0.15, -0.1) is 0 Å². The smallest absolute Gasteiger partial charge is 0.450 e. The van der Waals surface area contributed by atoms with Gasteiger partial charge in [-0.1, -0.05) is 49.9 Å². The maximum Gasteiger partial charge on any atom is 0.506 e. The van der Waals surface area contributed by atoms with E-state index in [1.807, 2.05) is 6.92 Å². The number of ether oxygens (including phenoxy) is 1. The summed E-state index contributed by atoms with van der Waals surface area (Å²) in [5, 5.41) is 9.13. The Balaban J connectivity index is 1.85. The normalized spacial score (nSPS) is 29.2. The lowest BCUT2D eigenvalue weighted by atomic mass is 9.72. The van der Waals surface area contributed by atoms with Crippen LogP contribution in [0.5, 0.6) is 0 Å². The molecule has 23 heavy (non-hydrogen) atoms. The third-order valence-corrected chi connectivity index (χ3v) is 5.86. The number of benzene rings is 1. The highest BCUT2D eigenvalue weighted by molar-refractivity contribution is 5.58. The summed E-state index contributed by atoms with van der Waals surface area (Å²) < 4.78 is 5.35. The fourth-order valence-electron chi connectivity index (χ4n) is 4.61. The highest BCUT2D eigenvalue weighted by Crippen LogP contribution is 2.44. The van der Waals surface area contributed by atoms with E-state index < -0.39 is 11.8 Å².